The van der Waals surface area contributed by atoms with Crippen molar-refractivity contribution in [2.45, 2.75) is 52.2 Å². The van der Waals surface area contributed by atoms with Gasteiger partial charge in [0.1, 0.15) is 0 Å². The summed E-state index contributed by atoms with van der Waals surface area (Å²) < 4.78 is 0. The molecule has 42 heavy (non-hydrogen) atoms. The summed E-state index contributed by atoms with van der Waals surface area (Å²) >= 11 is 0. The van der Waals surface area contributed by atoms with Gasteiger partial charge in [-0.15, -0.1) is 0 Å². The number of fused-ring (bicyclic) bond motifs is 2. The third-order valence-electron chi connectivity index (χ3n) is 8.06. The van der Waals surface area contributed by atoms with Gasteiger partial charge in [0.25, 0.3) is 0 Å². The monoisotopic (exact) mass is 565 g/mol. The maximum absolute atomic E-state index is 14.0. The molecule has 2 heterocycles. The fourth-order valence-electron chi connectivity index (χ4n) is 5.90. The van der Waals surface area contributed by atoms with Crippen LogP contribution in [-0.2, 0) is 29.1 Å². The molecule has 3 N–H and O–H groups in total. The summed E-state index contributed by atoms with van der Waals surface area (Å²) in [6.07, 6.45) is 3.74. The predicted molar refractivity (Wildman–Crippen MR) is 170 cm³/mol. The molecule has 1 aliphatic rings. The molecular formula is C35H43N5O2. The van der Waals surface area contributed by atoms with E-state index in [1.165, 1.54) is 5.56 Å². The van der Waals surface area contributed by atoms with E-state index >= 15 is 0 Å². The number of carbonyl (C=O) groups is 2. The molecule has 0 aliphatic carbocycles. The Labute approximate surface area is 249 Å². The Morgan fingerprint density at radius 3 is 2.43 bits per heavy atom. The highest BCUT2D eigenvalue weighted by atomic mass is 16.2. The number of hydrogen-bond donors (Lipinski definition) is 2. The third-order valence-corrected chi connectivity index (χ3v) is 8.06. The number of anilines is 1. The minimum Gasteiger partial charge on any atom is -0.361 e. The third kappa shape index (κ3) is 7.27. The van der Waals surface area contributed by atoms with Gasteiger partial charge in [0, 0.05) is 68.5 Å². The van der Waals surface area contributed by atoms with Crippen LogP contribution in [0.2, 0.25) is 0 Å². The number of benzene rings is 3. The quantitative estimate of drug-likeness (QED) is 0.316. The number of aromatic amines is 1. The van der Waals surface area contributed by atoms with Crippen molar-refractivity contribution < 1.29 is 9.59 Å². The van der Waals surface area contributed by atoms with Crippen molar-refractivity contribution in [3.05, 3.63) is 102 Å². The number of aromatic nitrogens is 1. The van der Waals surface area contributed by atoms with E-state index in [0.717, 1.165) is 53.8 Å². The first-order valence-corrected chi connectivity index (χ1v) is 15.1. The van der Waals surface area contributed by atoms with Crippen molar-refractivity contribution in [3.8, 4) is 0 Å². The first-order valence-electron chi connectivity index (χ1n) is 15.1. The lowest BCUT2D eigenvalue weighted by Crippen LogP contribution is -2.47. The van der Waals surface area contributed by atoms with Crippen LogP contribution in [-0.4, -0.2) is 58.8 Å². The Morgan fingerprint density at radius 2 is 1.62 bits per heavy atom. The van der Waals surface area contributed by atoms with Crippen molar-refractivity contribution in [1.29, 1.82) is 0 Å². The van der Waals surface area contributed by atoms with Crippen LogP contribution in [0.1, 0.15) is 43.4 Å². The largest absolute Gasteiger partial charge is 0.361 e. The van der Waals surface area contributed by atoms with Gasteiger partial charge in [-0.05, 0) is 47.6 Å². The van der Waals surface area contributed by atoms with E-state index in [-0.39, 0.29) is 17.7 Å². The second-order valence-corrected chi connectivity index (χ2v) is 11.8. The smallest absolute Gasteiger partial charge is 0.240 e. The van der Waals surface area contributed by atoms with Crippen molar-refractivity contribution in [2.24, 2.45) is 11.7 Å². The Bertz CT molecular complexity index is 1480. The number of nitrogens with two attached hydrogens (primary N) is 1. The molecule has 4 aromatic rings. The molecule has 0 radical (unpaired) electrons. The Balaban J connectivity index is 1.43. The summed E-state index contributed by atoms with van der Waals surface area (Å²) in [5.74, 6) is 0.312. The molecular weight excluding hydrogens is 522 g/mol. The van der Waals surface area contributed by atoms with Crippen LogP contribution in [0.25, 0.3) is 10.9 Å². The summed E-state index contributed by atoms with van der Waals surface area (Å²) in [6, 6.07) is 25.9. The average Bonchev–Trinajstić information content (AvgIpc) is 3.38. The first kappa shape index (κ1) is 29.5. The van der Waals surface area contributed by atoms with E-state index in [2.05, 4.69) is 54.1 Å². The number of amides is 2. The van der Waals surface area contributed by atoms with Gasteiger partial charge in [-0.1, -0.05) is 80.6 Å². The highest BCUT2D eigenvalue weighted by molar-refractivity contribution is 5.94. The van der Waals surface area contributed by atoms with E-state index in [9.17, 15) is 9.59 Å². The average molecular weight is 566 g/mol. The standard InChI is InChI=1S/C35H43N5O2/c1-26(2)21-34(41)40-18-10-17-38(24-27-11-4-3-5-12-27)19-20-39(25-28-13-6-9-16-33(28)40)35(42)31(36)22-29-23-37-32-15-8-7-14-30(29)32/h3-9,11-16,23,26,31,37H,10,17-22,24-25,36H2,1-2H3/t31-/m1/s1. The van der Waals surface area contributed by atoms with Crippen LogP contribution < -0.4 is 10.6 Å². The minimum absolute atomic E-state index is 0.0750. The Kier molecular flexibility index (Phi) is 9.72. The SMILES string of the molecule is CC(C)CC(=O)N1CCCN(Cc2ccccc2)CCN(C(=O)[C@H](N)Cc2c[nH]c3ccccc23)Cc2ccccc21. The van der Waals surface area contributed by atoms with Crippen LogP contribution in [0, 0.1) is 5.92 Å². The summed E-state index contributed by atoms with van der Waals surface area (Å²) in [6.45, 7) is 8.09. The molecule has 0 saturated carbocycles. The van der Waals surface area contributed by atoms with Gasteiger partial charge >= 0.3 is 0 Å². The zero-order valence-electron chi connectivity index (χ0n) is 24.8. The summed E-state index contributed by atoms with van der Waals surface area (Å²) in [4.78, 5) is 37.1. The minimum atomic E-state index is -0.678. The lowest BCUT2D eigenvalue weighted by Gasteiger charge is -2.30. The highest BCUT2D eigenvalue weighted by Gasteiger charge is 2.27. The van der Waals surface area contributed by atoms with Crippen LogP contribution >= 0.6 is 0 Å². The van der Waals surface area contributed by atoms with Gasteiger partial charge < -0.3 is 20.5 Å². The molecule has 220 valence electrons. The van der Waals surface area contributed by atoms with Gasteiger partial charge in [-0.3, -0.25) is 14.5 Å². The molecule has 1 aromatic heterocycles. The van der Waals surface area contributed by atoms with E-state index < -0.39 is 6.04 Å². The molecule has 7 heteroatoms. The number of rotatable bonds is 7. The molecule has 2 amide bonds. The Morgan fingerprint density at radius 1 is 0.881 bits per heavy atom. The topological polar surface area (TPSA) is 85.7 Å². The molecule has 0 saturated heterocycles. The van der Waals surface area contributed by atoms with E-state index in [1.54, 1.807) is 0 Å². The van der Waals surface area contributed by atoms with Gasteiger partial charge in [-0.2, -0.15) is 0 Å². The van der Waals surface area contributed by atoms with Crippen LogP contribution in [0.15, 0.2) is 85.1 Å². The fourth-order valence-corrected chi connectivity index (χ4v) is 5.90. The number of hydrogen-bond acceptors (Lipinski definition) is 4. The van der Waals surface area contributed by atoms with E-state index in [4.69, 9.17) is 5.73 Å². The van der Waals surface area contributed by atoms with Gasteiger partial charge in [0.05, 0.1) is 6.04 Å². The molecule has 5 rings (SSSR count). The van der Waals surface area contributed by atoms with Gasteiger partial charge in [-0.25, -0.2) is 0 Å². The highest BCUT2D eigenvalue weighted by Crippen LogP contribution is 2.26. The van der Waals surface area contributed by atoms with Crippen molar-refractivity contribution in [1.82, 2.24) is 14.8 Å². The van der Waals surface area contributed by atoms with Crippen LogP contribution in [0.4, 0.5) is 5.69 Å². The predicted octanol–water partition coefficient (Wildman–Crippen LogP) is 5.35. The molecule has 1 aliphatic heterocycles. The summed E-state index contributed by atoms with van der Waals surface area (Å²) in [5.41, 5.74) is 11.8. The Hall–Kier alpha value is -3.94. The number of H-pyrrole nitrogens is 1. The molecule has 1 atom stereocenters. The molecule has 0 bridgehead atoms. The number of nitrogens with zero attached hydrogens (tertiary/aromatic N) is 3. The van der Waals surface area contributed by atoms with E-state index in [1.807, 2.05) is 64.5 Å². The second kappa shape index (κ2) is 13.8. The maximum Gasteiger partial charge on any atom is 0.240 e. The number of para-hydroxylation sites is 2. The van der Waals surface area contributed by atoms with E-state index in [0.29, 0.717) is 32.5 Å². The summed E-state index contributed by atoms with van der Waals surface area (Å²) in [7, 11) is 0. The molecule has 0 fully saturated rings. The van der Waals surface area contributed by atoms with Crippen molar-refractivity contribution >= 4 is 28.4 Å². The molecule has 0 unspecified atom stereocenters. The lowest BCUT2D eigenvalue weighted by atomic mass is 10.0. The molecule has 7 nitrogen and oxygen atoms in total. The first-order chi connectivity index (χ1) is 20.4. The van der Waals surface area contributed by atoms with Crippen LogP contribution in [0.3, 0.4) is 0 Å². The van der Waals surface area contributed by atoms with Crippen molar-refractivity contribution in [3.63, 3.8) is 0 Å². The molecule has 3 aromatic carbocycles. The normalized spacial score (nSPS) is 15.8. The summed E-state index contributed by atoms with van der Waals surface area (Å²) in [5, 5.41) is 1.09. The van der Waals surface area contributed by atoms with Crippen molar-refractivity contribution in [2.75, 3.05) is 31.1 Å². The lowest BCUT2D eigenvalue weighted by molar-refractivity contribution is -0.133. The van der Waals surface area contributed by atoms with Gasteiger partial charge in [0.2, 0.25) is 11.8 Å². The fraction of sp³-hybridized carbons (Fsp3) is 0.371. The second-order valence-electron chi connectivity index (χ2n) is 11.8. The number of carbonyl (C=O) groups excluding carboxylic acids is 2. The zero-order valence-corrected chi connectivity index (χ0v) is 24.8. The maximum atomic E-state index is 14.0. The number of nitrogens with one attached hydrogen (secondary N) is 1. The molecule has 0 spiro atoms. The van der Waals surface area contributed by atoms with Crippen LogP contribution in [0.5, 0.6) is 0 Å². The zero-order chi connectivity index (χ0) is 29.5. The van der Waals surface area contributed by atoms with Gasteiger partial charge in [0.15, 0.2) is 0 Å².